The second kappa shape index (κ2) is 8.26. The van der Waals surface area contributed by atoms with E-state index in [-0.39, 0.29) is 22.9 Å². The summed E-state index contributed by atoms with van der Waals surface area (Å²) in [5.74, 6) is 1.42. The summed E-state index contributed by atoms with van der Waals surface area (Å²) in [4.78, 5) is 24.2. The fourth-order valence-corrected chi connectivity index (χ4v) is 5.60. The van der Waals surface area contributed by atoms with E-state index in [0.717, 1.165) is 47.6 Å². The Labute approximate surface area is 186 Å². The van der Waals surface area contributed by atoms with E-state index in [0.29, 0.717) is 12.4 Å². The first-order valence-electron chi connectivity index (χ1n) is 10.6. The van der Waals surface area contributed by atoms with Crippen molar-refractivity contribution >= 4 is 17.7 Å². The van der Waals surface area contributed by atoms with Crippen LogP contribution in [0, 0.1) is 5.41 Å². The normalized spacial score (nSPS) is 20.5. The molecule has 1 aliphatic carbocycles. The molecule has 1 aromatic heterocycles. The molecule has 0 saturated heterocycles. The zero-order valence-electron chi connectivity index (χ0n) is 18.4. The fourth-order valence-electron chi connectivity index (χ4n) is 5.19. The van der Waals surface area contributed by atoms with Crippen molar-refractivity contribution < 1.29 is 19.4 Å². The molecule has 1 N–H and O–H groups in total. The second-order valence-electron chi connectivity index (χ2n) is 9.01. The van der Waals surface area contributed by atoms with Crippen LogP contribution in [-0.2, 0) is 0 Å². The standard InChI is InChI=1S/C24H29NO5S/c1-24(2)7-6-14-15-10-21(30-8-5-9-31-4)20(29-3)11-16(15)18-12-19(26)17(23(27)28)13-25(18)22(14)24/h10-14,22H,5-9H2,1-4H3,(H,27,28)/t14-,22+/m1/s1. The number of aromatic nitrogens is 1. The molecular formula is C24H29NO5S. The van der Waals surface area contributed by atoms with Gasteiger partial charge in [0.25, 0.3) is 0 Å². The molecule has 1 saturated carbocycles. The van der Waals surface area contributed by atoms with Crippen molar-refractivity contribution in [3.05, 3.63) is 45.7 Å². The quantitative estimate of drug-likeness (QED) is 0.619. The van der Waals surface area contributed by atoms with Gasteiger partial charge in [-0.15, -0.1) is 0 Å². The van der Waals surface area contributed by atoms with Crippen molar-refractivity contribution in [3.63, 3.8) is 0 Å². The van der Waals surface area contributed by atoms with Crippen molar-refractivity contribution in [2.24, 2.45) is 5.41 Å². The Kier molecular flexibility index (Phi) is 5.81. The Hall–Kier alpha value is -2.41. The number of rotatable bonds is 7. The van der Waals surface area contributed by atoms with Crippen molar-refractivity contribution in [3.8, 4) is 22.8 Å². The molecule has 0 amide bonds. The summed E-state index contributed by atoms with van der Waals surface area (Å²) in [5.41, 5.74) is 2.12. The van der Waals surface area contributed by atoms with E-state index in [1.807, 2.05) is 10.6 Å². The molecule has 6 nitrogen and oxygen atoms in total. The van der Waals surface area contributed by atoms with Gasteiger partial charge in [0.1, 0.15) is 5.56 Å². The highest BCUT2D eigenvalue weighted by Gasteiger charge is 2.47. The number of thioether (sulfide) groups is 1. The third-order valence-electron chi connectivity index (χ3n) is 6.65. The van der Waals surface area contributed by atoms with Crippen molar-refractivity contribution in [1.82, 2.24) is 4.57 Å². The van der Waals surface area contributed by atoms with Crippen LogP contribution in [0.5, 0.6) is 11.5 Å². The summed E-state index contributed by atoms with van der Waals surface area (Å²) >= 11 is 1.79. The molecule has 1 aromatic carbocycles. The predicted molar refractivity (Wildman–Crippen MR) is 123 cm³/mol. The maximum atomic E-state index is 12.6. The number of hydrogen-bond acceptors (Lipinski definition) is 5. The van der Waals surface area contributed by atoms with Crippen LogP contribution in [0.2, 0.25) is 0 Å². The molecule has 0 unspecified atom stereocenters. The predicted octanol–water partition coefficient (Wildman–Crippen LogP) is 4.81. The third-order valence-corrected chi connectivity index (χ3v) is 7.35. The SMILES string of the molecule is COc1cc2c(cc1OCCCSC)[C@H]1CCC(C)(C)[C@H]1n1cc(C(=O)O)c(=O)cc1-2. The summed E-state index contributed by atoms with van der Waals surface area (Å²) in [7, 11) is 1.61. The van der Waals surface area contributed by atoms with Gasteiger partial charge in [-0.05, 0) is 54.4 Å². The van der Waals surface area contributed by atoms with Gasteiger partial charge in [0, 0.05) is 29.8 Å². The minimum atomic E-state index is -1.19. The zero-order chi connectivity index (χ0) is 22.3. The summed E-state index contributed by atoms with van der Waals surface area (Å²) in [6.45, 7) is 5.05. The number of aromatic carboxylic acids is 1. The molecule has 2 aliphatic rings. The summed E-state index contributed by atoms with van der Waals surface area (Å²) < 4.78 is 13.7. The van der Waals surface area contributed by atoms with Crippen molar-refractivity contribution in [1.29, 1.82) is 0 Å². The molecule has 7 heteroatoms. The van der Waals surface area contributed by atoms with Crippen LogP contribution in [-0.4, -0.2) is 41.4 Å². The highest BCUT2D eigenvalue weighted by Crippen LogP contribution is 2.59. The molecule has 1 aliphatic heterocycles. The Morgan fingerprint density at radius 3 is 2.74 bits per heavy atom. The van der Waals surface area contributed by atoms with Crippen LogP contribution in [0.25, 0.3) is 11.3 Å². The van der Waals surface area contributed by atoms with Crippen molar-refractivity contribution in [2.75, 3.05) is 25.7 Å². The van der Waals surface area contributed by atoms with Gasteiger partial charge in [-0.3, -0.25) is 4.79 Å². The average molecular weight is 444 g/mol. The number of methoxy groups -OCH3 is 1. The highest BCUT2D eigenvalue weighted by molar-refractivity contribution is 7.98. The first-order valence-corrected chi connectivity index (χ1v) is 12.0. The Morgan fingerprint density at radius 2 is 2.06 bits per heavy atom. The molecule has 166 valence electrons. The largest absolute Gasteiger partial charge is 0.493 e. The van der Waals surface area contributed by atoms with Crippen molar-refractivity contribution in [2.45, 2.75) is 45.1 Å². The van der Waals surface area contributed by atoms with Crippen LogP contribution in [0.1, 0.15) is 61.0 Å². The molecule has 0 radical (unpaired) electrons. The second-order valence-corrected chi connectivity index (χ2v) is 10.00. The number of carboxylic acids is 1. The first-order chi connectivity index (χ1) is 14.8. The van der Waals surface area contributed by atoms with Crippen LogP contribution >= 0.6 is 11.8 Å². The molecule has 1 fully saturated rings. The lowest BCUT2D eigenvalue weighted by Crippen LogP contribution is -2.32. The highest BCUT2D eigenvalue weighted by atomic mass is 32.2. The monoisotopic (exact) mass is 443 g/mol. The van der Waals surface area contributed by atoms with Gasteiger partial charge < -0.3 is 19.1 Å². The zero-order valence-corrected chi connectivity index (χ0v) is 19.3. The summed E-state index contributed by atoms with van der Waals surface area (Å²) in [5, 5.41) is 9.52. The fraction of sp³-hybridized carbons (Fsp3) is 0.500. The topological polar surface area (TPSA) is 77.8 Å². The molecular weight excluding hydrogens is 414 g/mol. The molecule has 31 heavy (non-hydrogen) atoms. The number of hydrogen-bond donors (Lipinski definition) is 1. The van der Waals surface area contributed by atoms with Gasteiger partial charge >= 0.3 is 5.97 Å². The Bertz CT molecular complexity index is 1070. The minimum absolute atomic E-state index is 0.0265. The van der Waals surface area contributed by atoms with Gasteiger partial charge in [-0.2, -0.15) is 11.8 Å². The Morgan fingerprint density at radius 1 is 1.29 bits per heavy atom. The number of nitrogens with zero attached hydrogens (tertiary/aromatic N) is 1. The number of pyridine rings is 1. The lowest BCUT2D eigenvalue weighted by atomic mass is 9.77. The van der Waals surface area contributed by atoms with Gasteiger partial charge in [0.15, 0.2) is 16.9 Å². The van der Waals surface area contributed by atoms with E-state index in [4.69, 9.17) is 9.47 Å². The molecule has 2 aromatic rings. The number of ether oxygens (including phenoxy) is 2. The molecule has 2 heterocycles. The van der Waals surface area contributed by atoms with E-state index < -0.39 is 11.4 Å². The Balaban J connectivity index is 1.88. The van der Waals surface area contributed by atoms with Crippen LogP contribution in [0.3, 0.4) is 0 Å². The number of carbonyl (C=O) groups is 1. The molecule has 2 atom stereocenters. The van der Waals surface area contributed by atoms with Crippen LogP contribution in [0.15, 0.2) is 29.2 Å². The first kappa shape index (κ1) is 21.8. The number of carboxylic acid groups (broad SMARTS) is 1. The number of fused-ring (bicyclic) bond motifs is 6. The smallest absolute Gasteiger partial charge is 0.341 e. The number of benzene rings is 1. The maximum Gasteiger partial charge on any atom is 0.341 e. The molecule has 0 spiro atoms. The van der Waals surface area contributed by atoms with Gasteiger partial charge in [0.2, 0.25) is 0 Å². The van der Waals surface area contributed by atoms with Gasteiger partial charge in [-0.25, -0.2) is 4.79 Å². The maximum absolute atomic E-state index is 12.6. The average Bonchev–Trinajstić information content (AvgIpc) is 3.05. The molecule has 0 bridgehead atoms. The van der Waals surface area contributed by atoms with E-state index in [9.17, 15) is 14.7 Å². The van der Waals surface area contributed by atoms with Gasteiger partial charge in [-0.1, -0.05) is 13.8 Å². The molecule has 4 rings (SSSR count). The minimum Gasteiger partial charge on any atom is -0.493 e. The summed E-state index contributed by atoms with van der Waals surface area (Å²) in [6.07, 6.45) is 6.59. The lowest BCUT2D eigenvalue weighted by Gasteiger charge is -2.40. The lowest BCUT2D eigenvalue weighted by molar-refractivity contribution is 0.0693. The van der Waals surface area contributed by atoms with E-state index >= 15 is 0 Å². The van der Waals surface area contributed by atoms with Crippen LogP contribution < -0.4 is 14.9 Å². The van der Waals surface area contributed by atoms with Gasteiger partial charge in [0.05, 0.1) is 19.4 Å². The van der Waals surface area contributed by atoms with E-state index in [2.05, 4.69) is 26.2 Å². The van der Waals surface area contributed by atoms with E-state index in [1.54, 1.807) is 18.9 Å². The van der Waals surface area contributed by atoms with E-state index in [1.165, 1.54) is 12.3 Å². The summed E-state index contributed by atoms with van der Waals surface area (Å²) in [6, 6.07) is 5.55. The third kappa shape index (κ3) is 3.73. The van der Waals surface area contributed by atoms with Crippen LogP contribution in [0.4, 0.5) is 0 Å².